The molecule has 0 aliphatic carbocycles. The van der Waals surface area contributed by atoms with Crippen molar-refractivity contribution in [3.8, 4) is 0 Å². The molecule has 0 bridgehead atoms. The molecule has 0 spiro atoms. The van der Waals surface area contributed by atoms with Gasteiger partial charge in [0.2, 0.25) is 0 Å². The van der Waals surface area contributed by atoms with Gasteiger partial charge in [0.15, 0.2) is 0 Å². The van der Waals surface area contributed by atoms with Gasteiger partial charge in [0, 0.05) is 13.8 Å². The molecular weight excluding hydrogens is 151 g/mol. The van der Waals surface area contributed by atoms with Crippen LogP contribution in [-0.2, 0) is 9.59 Å². The first-order chi connectivity index (χ1) is 3.46. The SMILES string of the molecule is CC(=O)O.CC(=O)O.O.[H-].[Na+]. The molecule has 0 amide bonds. The molecule has 10 heavy (non-hydrogen) atoms. The van der Waals surface area contributed by atoms with E-state index in [-0.39, 0.29) is 36.5 Å². The van der Waals surface area contributed by atoms with Gasteiger partial charge in [0.1, 0.15) is 0 Å². The van der Waals surface area contributed by atoms with Gasteiger partial charge in [-0.3, -0.25) is 9.59 Å². The van der Waals surface area contributed by atoms with Crippen LogP contribution < -0.4 is 29.6 Å². The van der Waals surface area contributed by atoms with Crippen molar-refractivity contribution < 1.29 is 56.3 Å². The Morgan fingerprint density at radius 2 is 1.10 bits per heavy atom. The van der Waals surface area contributed by atoms with E-state index in [0.29, 0.717) is 0 Å². The molecule has 0 aromatic heterocycles. The summed E-state index contributed by atoms with van der Waals surface area (Å²) in [6.07, 6.45) is 0. The Kier molecular flexibility index (Phi) is 35.9. The largest absolute Gasteiger partial charge is 1.00 e. The van der Waals surface area contributed by atoms with Crippen molar-refractivity contribution in [2.75, 3.05) is 0 Å². The molecule has 4 N–H and O–H groups in total. The third kappa shape index (κ3) is 37600. The average molecular weight is 162 g/mol. The number of hydrogen-bond acceptors (Lipinski definition) is 2. The fourth-order valence-corrected chi connectivity index (χ4v) is 0. The van der Waals surface area contributed by atoms with Crippen LogP contribution >= 0.6 is 0 Å². The standard InChI is InChI=1S/2C2H4O2.Na.H2O.H/c2*1-2(3)4;;;/h2*1H3,(H,3,4);;1H2;/q;;+1;;-1. The van der Waals surface area contributed by atoms with Crippen molar-refractivity contribution in [1.82, 2.24) is 0 Å². The predicted octanol–water partition coefficient (Wildman–Crippen LogP) is -3.53. The van der Waals surface area contributed by atoms with E-state index in [4.69, 9.17) is 19.8 Å². The van der Waals surface area contributed by atoms with E-state index in [2.05, 4.69) is 0 Å². The Morgan fingerprint density at radius 3 is 1.10 bits per heavy atom. The summed E-state index contributed by atoms with van der Waals surface area (Å²) in [7, 11) is 0. The number of carboxylic acids is 2. The van der Waals surface area contributed by atoms with Crippen molar-refractivity contribution in [2.45, 2.75) is 13.8 Å². The van der Waals surface area contributed by atoms with Gasteiger partial charge < -0.3 is 17.1 Å². The topological polar surface area (TPSA) is 106 Å². The maximum absolute atomic E-state index is 9.00. The van der Waals surface area contributed by atoms with Crippen LogP contribution in [0, 0.1) is 0 Å². The van der Waals surface area contributed by atoms with Gasteiger partial charge in [-0.2, -0.15) is 0 Å². The molecule has 0 rings (SSSR count). The normalized spacial score (nSPS) is 5.00. The van der Waals surface area contributed by atoms with Crippen LogP contribution in [0.5, 0.6) is 0 Å². The zero-order chi connectivity index (χ0) is 7.15. The van der Waals surface area contributed by atoms with Crippen LogP contribution in [0.15, 0.2) is 0 Å². The Labute approximate surface area is 82.1 Å². The quantitative estimate of drug-likeness (QED) is 0.360. The third-order valence-corrected chi connectivity index (χ3v) is 0. The minimum atomic E-state index is -0.833. The summed E-state index contributed by atoms with van der Waals surface area (Å²) >= 11 is 0. The number of hydrogen-bond donors (Lipinski definition) is 2. The summed E-state index contributed by atoms with van der Waals surface area (Å²) in [4.78, 5) is 18.0. The fourth-order valence-electron chi connectivity index (χ4n) is 0. The summed E-state index contributed by atoms with van der Waals surface area (Å²) in [5, 5.41) is 14.8. The van der Waals surface area contributed by atoms with E-state index in [9.17, 15) is 0 Å². The van der Waals surface area contributed by atoms with Gasteiger partial charge in [0.05, 0.1) is 0 Å². The van der Waals surface area contributed by atoms with Crippen LogP contribution in [0.25, 0.3) is 0 Å². The van der Waals surface area contributed by atoms with E-state index in [0.717, 1.165) is 13.8 Å². The molecule has 6 heteroatoms. The summed E-state index contributed by atoms with van der Waals surface area (Å²) in [6, 6.07) is 0. The van der Waals surface area contributed by atoms with Crippen LogP contribution in [0.2, 0.25) is 0 Å². The van der Waals surface area contributed by atoms with E-state index in [1.54, 1.807) is 0 Å². The van der Waals surface area contributed by atoms with Crippen LogP contribution in [0.3, 0.4) is 0 Å². The zero-order valence-corrected chi connectivity index (χ0v) is 8.21. The molecule has 0 radical (unpaired) electrons. The van der Waals surface area contributed by atoms with Gasteiger partial charge in [-0.1, -0.05) is 0 Å². The van der Waals surface area contributed by atoms with Crippen molar-refractivity contribution >= 4 is 11.9 Å². The van der Waals surface area contributed by atoms with E-state index >= 15 is 0 Å². The molecule has 0 aliphatic heterocycles. The molecule has 58 valence electrons. The molecule has 0 atom stereocenters. The second-order valence-electron chi connectivity index (χ2n) is 1.04. The molecule has 5 nitrogen and oxygen atoms in total. The maximum atomic E-state index is 9.00. The minimum Gasteiger partial charge on any atom is -1.00 e. The molecule has 0 aromatic carbocycles. The number of rotatable bonds is 0. The number of aliphatic carboxylic acids is 2. The second kappa shape index (κ2) is 16.0. The first-order valence-electron chi connectivity index (χ1n) is 1.86. The van der Waals surface area contributed by atoms with E-state index in [1.807, 2.05) is 0 Å². The molecule has 0 aliphatic rings. The van der Waals surface area contributed by atoms with E-state index in [1.165, 1.54) is 0 Å². The van der Waals surface area contributed by atoms with Gasteiger partial charge in [-0.25, -0.2) is 0 Å². The first-order valence-corrected chi connectivity index (χ1v) is 1.86. The molecular formula is C4H11NaO5. The first kappa shape index (κ1) is 22.5. The maximum Gasteiger partial charge on any atom is 1.00 e. The average Bonchev–Trinajstić information content (AvgIpc) is 1.25. The van der Waals surface area contributed by atoms with Gasteiger partial charge in [-0.15, -0.1) is 0 Å². The Hall–Kier alpha value is -0.100. The van der Waals surface area contributed by atoms with Gasteiger partial charge in [-0.05, 0) is 0 Å². The predicted molar refractivity (Wildman–Crippen MR) is 31.3 cm³/mol. The molecule has 0 saturated carbocycles. The van der Waals surface area contributed by atoms with Crippen molar-refractivity contribution in [1.29, 1.82) is 0 Å². The fraction of sp³-hybridized carbons (Fsp3) is 0.500. The van der Waals surface area contributed by atoms with Gasteiger partial charge >= 0.3 is 29.6 Å². The molecule has 0 saturated heterocycles. The van der Waals surface area contributed by atoms with Gasteiger partial charge in [0.25, 0.3) is 11.9 Å². The van der Waals surface area contributed by atoms with Crippen molar-refractivity contribution in [3.05, 3.63) is 0 Å². The number of carbonyl (C=O) groups is 2. The molecule has 0 heterocycles. The Morgan fingerprint density at radius 1 is 1.10 bits per heavy atom. The smallest absolute Gasteiger partial charge is 1.00 e. The summed E-state index contributed by atoms with van der Waals surface area (Å²) in [6.45, 7) is 2.17. The van der Waals surface area contributed by atoms with Crippen LogP contribution in [-0.4, -0.2) is 27.6 Å². The summed E-state index contributed by atoms with van der Waals surface area (Å²) < 4.78 is 0. The number of carboxylic acid groups (broad SMARTS) is 2. The minimum absolute atomic E-state index is 0. The summed E-state index contributed by atoms with van der Waals surface area (Å²) in [5.74, 6) is -1.67. The monoisotopic (exact) mass is 162 g/mol. The van der Waals surface area contributed by atoms with Crippen LogP contribution in [0.1, 0.15) is 15.3 Å². The zero-order valence-electron chi connectivity index (χ0n) is 7.21. The van der Waals surface area contributed by atoms with E-state index < -0.39 is 11.9 Å². The van der Waals surface area contributed by atoms with Crippen molar-refractivity contribution in [3.63, 3.8) is 0 Å². The third-order valence-electron chi connectivity index (χ3n) is 0. The molecule has 0 fully saturated rings. The van der Waals surface area contributed by atoms with Crippen LogP contribution in [0.4, 0.5) is 0 Å². The Balaban J connectivity index is -0.0000000171. The van der Waals surface area contributed by atoms with Crippen molar-refractivity contribution in [2.24, 2.45) is 0 Å². The molecule has 0 aromatic rings. The second-order valence-corrected chi connectivity index (χ2v) is 1.04. The molecule has 0 unspecified atom stereocenters. The summed E-state index contributed by atoms with van der Waals surface area (Å²) in [5.41, 5.74) is 0. The Bertz CT molecular complexity index is 76.5.